The molecule has 98 valence electrons. The molecule has 1 saturated heterocycles. The topological polar surface area (TPSA) is 55.6 Å². The number of carbonyl (C=O) groups excluding carboxylic acids is 1. The van der Waals surface area contributed by atoms with Crippen molar-refractivity contribution in [2.75, 3.05) is 13.1 Å². The summed E-state index contributed by atoms with van der Waals surface area (Å²) in [4.78, 5) is 13.7. The van der Waals surface area contributed by atoms with Crippen molar-refractivity contribution in [3.8, 4) is 0 Å². The van der Waals surface area contributed by atoms with Crippen molar-refractivity contribution in [2.45, 2.75) is 58.1 Å². The van der Waals surface area contributed by atoms with Crippen molar-refractivity contribution in [3.63, 3.8) is 0 Å². The van der Waals surface area contributed by atoms with Gasteiger partial charge in [0, 0.05) is 19.1 Å². The lowest BCUT2D eigenvalue weighted by Gasteiger charge is -2.52. The molecule has 1 heterocycles. The van der Waals surface area contributed by atoms with Gasteiger partial charge in [0.1, 0.15) is 5.60 Å². The quantitative estimate of drug-likeness (QED) is 0.705. The largest absolute Gasteiger partial charge is 0.444 e. The molecule has 1 amide bonds. The van der Waals surface area contributed by atoms with E-state index >= 15 is 0 Å². The number of hydrogen-bond donors (Lipinski definition) is 1. The Morgan fingerprint density at radius 2 is 1.88 bits per heavy atom. The maximum Gasteiger partial charge on any atom is 0.410 e. The van der Waals surface area contributed by atoms with E-state index in [1.807, 2.05) is 25.7 Å². The summed E-state index contributed by atoms with van der Waals surface area (Å²) in [5.41, 5.74) is 6.00. The Morgan fingerprint density at radius 3 is 2.24 bits per heavy atom. The Hall–Kier alpha value is -0.770. The molecule has 1 aliphatic carbocycles. The average Bonchev–Trinajstić information content (AvgIpc) is 2.25. The van der Waals surface area contributed by atoms with Crippen molar-refractivity contribution in [1.82, 2.24) is 4.90 Å². The third-order valence-electron chi connectivity index (χ3n) is 4.15. The maximum absolute atomic E-state index is 11.9. The fourth-order valence-electron chi connectivity index (χ4n) is 2.80. The Kier molecular flexibility index (Phi) is 3.10. The molecular formula is C13H24N2O2. The number of piperidine rings is 1. The van der Waals surface area contributed by atoms with Crippen LogP contribution in [0, 0.1) is 5.41 Å². The van der Waals surface area contributed by atoms with Crippen LogP contribution < -0.4 is 5.73 Å². The molecule has 4 nitrogen and oxygen atoms in total. The van der Waals surface area contributed by atoms with Crippen molar-refractivity contribution < 1.29 is 9.53 Å². The zero-order chi connectivity index (χ0) is 12.7. The van der Waals surface area contributed by atoms with Crippen LogP contribution in [-0.2, 0) is 4.74 Å². The summed E-state index contributed by atoms with van der Waals surface area (Å²) in [6.07, 6.45) is 4.27. The van der Waals surface area contributed by atoms with E-state index in [2.05, 4.69) is 0 Å². The number of carbonyl (C=O) groups is 1. The second kappa shape index (κ2) is 4.16. The summed E-state index contributed by atoms with van der Waals surface area (Å²) >= 11 is 0. The average molecular weight is 240 g/mol. The van der Waals surface area contributed by atoms with E-state index in [4.69, 9.17) is 10.5 Å². The van der Waals surface area contributed by atoms with Crippen molar-refractivity contribution in [3.05, 3.63) is 0 Å². The lowest BCUT2D eigenvalue weighted by Crippen LogP contribution is -2.57. The SMILES string of the molecule is CC(C)(C)OC(=O)N1CCC2(CCC2N)CC1. The zero-order valence-corrected chi connectivity index (χ0v) is 11.2. The molecule has 1 aliphatic heterocycles. The van der Waals surface area contributed by atoms with Crippen LogP contribution in [0.25, 0.3) is 0 Å². The molecule has 2 aliphatic rings. The van der Waals surface area contributed by atoms with Crippen molar-refractivity contribution in [1.29, 1.82) is 0 Å². The van der Waals surface area contributed by atoms with Crippen LogP contribution in [0.5, 0.6) is 0 Å². The minimum Gasteiger partial charge on any atom is -0.444 e. The molecular weight excluding hydrogens is 216 g/mol. The van der Waals surface area contributed by atoms with Gasteiger partial charge in [-0.05, 0) is 51.9 Å². The van der Waals surface area contributed by atoms with Gasteiger partial charge in [-0.3, -0.25) is 0 Å². The number of ether oxygens (including phenoxy) is 1. The summed E-state index contributed by atoms with van der Waals surface area (Å²) in [5, 5.41) is 0. The van der Waals surface area contributed by atoms with E-state index < -0.39 is 5.60 Å². The first-order chi connectivity index (χ1) is 7.82. The van der Waals surface area contributed by atoms with Gasteiger partial charge in [-0.25, -0.2) is 4.79 Å². The summed E-state index contributed by atoms with van der Waals surface area (Å²) in [5.74, 6) is 0. The molecule has 1 atom stereocenters. The fourth-order valence-corrected chi connectivity index (χ4v) is 2.80. The Balaban J connectivity index is 1.85. The number of hydrogen-bond acceptors (Lipinski definition) is 3. The van der Waals surface area contributed by atoms with Gasteiger partial charge in [0.25, 0.3) is 0 Å². The number of likely N-dealkylation sites (tertiary alicyclic amines) is 1. The number of nitrogens with two attached hydrogens (primary N) is 1. The molecule has 2 fully saturated rings. The molecule has 0 aromatic heterocycles. The zero-order valence-electron chi connectivity index (χ0n) is 11.2. The third-order valence-corrected chi connectivity index (χ3v) is 4.15. The number of nitrogens with zero attached hydrogens (tertiary/aromatic N) is 1. The van der Waals surface area contributed by atoms with Crippen LogP contribution in [0.3, 0.4) is 0 Å². The summed E-state index contributed by atoms with van der Waals surface area (Å²) in [6, 6.07) is 0.350. The van der Waals surface area contributed by atoms with Crippen LogP contribution in [0.15, 0.2) is 0 Å². The third kappa shape index (κ3) is 2.57. The van der Waals surface area contributed by atoms with Crippen LogP contribution in [0.4, 0.5) is 4.79 Å². The van der Waals surface area contributed by atoms with E-state index in [0.717, 1.165) is 32.4 Å². The lowest BCUT2D eigenvalue weighted by molar-refractivity contribution is -0.0148. The Bertz CT molecular complexity index is 301. The highest BCUT2D eigenvalue weighted by Crippen LogP contribution is 2.48. The summed E-state index contributed by atoms with van der Waals surface area (Å²) in [7, 11) is 0. The second-order valence-corrected chi connectivity index (χ2v) is 6.47. The molecule has 0 bridgehead atoms. The molecule has 4 heteroatoms. The van der Waals surface area contributed by atoms with Gasteiger partial charge in [-0.2, -0.15) is 0 Å². The number of amides is 1. The number of rotatable bonds is 0. The van der Waals surface area contributed by atoms with Gasteiger partial charge in [0.15, 0.2) is 0 Å². The van der Waals surface area contributed by atoms with Gasteiger partial charge in [0.05, 0.1) is 0 Å². The standard InChI is InChI=1S/C13H24N2O2/c1-12(2,3)17-11(16)15-8-6-13(7-9-15)5-4-10(13)14/h10H,4-9,14H2,1-3H3. The first-order valence-electron chi connectivity index (χ1n) is 6.56. The van der Waals surface area contributed by atoms with Crippen molar-refractivity contribution >= 4 is 6.09 Å². The first-order valence-corrected chi connectivity index (χ1v) is 6.56. The molecule has 0 aromatic carbocycles. The maximum atomic E-state index is 11.9. The highest BCUT2D eigenvalue weighted by molar-refractivity contribution is 5.68. The fraction of sp³-hybridized carbons (Fsp3) is 0.923. The minimum atomic E-state index is -0.404. The molecule has 2 rings (SSSR count). The monoisotopic (exact) mass is 240 g/mol. The first kappa shape index (κ1) is 12.7. The summed E-state index contributed by atoms with van der Waals surface area (Å²) in [6.45, 7) is 7.29. The van der Waals surface area contributed by atoms with Gasteiger partial charge in [-0.1, -0.05) is 0 Å². The van der Waals surface area contributed by atoms with Gasteiger partial charge in [0.2, 0.25) is 0 Å². The van der Waals surface area contributed by atoms with Crippen LogP contribution in [0.1, 0.15) is 46.5 Å². The van der Waals surface area contributed by atoms with Gasteiger partial charge < -0.3 is 15.4 Å². The molecule has 1 saturated carbocycles. The van der Waals surface area contributed by atoms with Gasteiger partial charge >= 0.3 is 6.09 Å². The Labute approximate surface area is 103 Å². The molecule has 0 radical (unpaired) electrons. The van der Waals surface area contributed by atoms with E-state index in [9.17, 15) is 4.79 Å². The normalized spacial score (nSPS) is 27.8. The molecule has 0 aromatic rings. The second-order valence-electron chi connectivity index (χ2n) is 6.47. The predicted octanol–water partition coefficient (Wildman–Crippen LogP) is 2.12. The van der Waals surface area contributed by atoms with Crippen molar-refractivity contribution in [2.24, 2.45) is 11.1 Å². The molecule has 2 N–H and O–H groups in total. The van der Waals surface area contributed by atoms with Crippen LogP contribution in [0.2, 0.25) is 0 Å². The predicted molar refractivity (Wildman–Crippen MR) is 66.7 cm³/mol. The lowest BCUT2D eigenvalue weighted by atomic mass is 9.60. The van der Waals surface area contributed by atoms with E-state index in [1.165, 1.54) is 6.42 Å². The summed E-state index contributed by atoms with van der Waals surface area (Å²) < 4.78 is 5.38. The Morgan fingerprint density at radius 1 is 1.29 bits per heavy atom. The van der Waals surface area contributed by atoms with E-state index in [1.54, 1.807) is 0 Å². The molecule has 1 unspecified atom stereocenters. The highest BCUT2D eigenvalue weighted by Gasteiger charge is 2.47. The molecule has 1 spiro atoms. The molecule has 17 heavy (non-hydrogen) atoms. The smallest absolute Gasteiger partial charge is 0.410 e. The van der Waals surface area contributed by atoms with E-state index in [0.29, 0.717) is 11.5 Å². The van der Waals surface area contributed by atoms with Crippen LogP contribution in [-0.4, -0.2) is 35.7 Å². The van der Waals surface area contributed by atoms with Crippen LogP contribution >= 0.6 is 0 Å². The minimum absolute atomic E-state index is 0.180. The van der Waals surface area contributed by atoms with Gasteiger partial charge in [-0.15, -0.1) is 0 Å². The van der Waals surface area contributed by atoms with E-state index in [-0.39, 0.29) is 6.09 Å². The highest BCUT2D eigenvalue weighted by atomic mass is 16.6.